The van der Waals surface area contributed by atoms with Gasteiger partial charge in [-0.1, -0.05) is 50.5 Å². The van der Waals surface area contributed by atoms with Crippen LogP contribution in [0.4, 0.5) is 0 Å². The molecule has 2 nitrogen and oxygen atoms in total. The summed E-state index contributed by atoms with van der Waals surface area (Å²) >= 11 is 0. The molecule has 2 aromatic carbocycles. The molecule has 134 valence electrons. The summed E-state index contributed by atoms with van der Waals surface area (Å²) in [6, 6.07) is 17.1. The highest BCUT2D eigenvalue weighted by atomic mass is 16.5. The van der Waals surface area contributed by atoms with Crippen molar-refractivity contribution in [2.75, 3.05) is 13.2 Å². The SMILES string of the molecule is CCCOc1cccc(CCOc2ccc(C3CCCCC3)cc2)c1. The summed E-state index contributed by atoms with van der Waals surface area (Å²) in [5, 5.41) is 0. The number of hydrogen-bond acceptors (Lipinski definition) is 2. The first kappa shape index (κ1) is 17.8. The zero-order valence-electron chi connectivity index (χ0n) is 15.4. The molecule has 0 heterocycles. The summed E-state index contributed by atoms with van der Waals surface area (Å²) in [4.78, 5) is 0. The van der Waals surface area contributed by atoms with Crippen LogP contribution < -0.4 is 9.47 Å². The van der Waals surface area contributed by atoms with Gasteiger partial charge in [0.2, 0.25) is 0 Å². The Morgan fingerprint density at radius 3 is 2.36 bits per heavy atom. The van der Waals surface area contributed by atoms with Crippen molar-refractivity contribution in [1.82, 2.24) is 0 Å². The largest absolute Gasteiger partial charge is 0.494 e. The highest BCUT2D eigenvalue weighted by Crippen LogP contribution is 2.33. The molecule has 1 aliphatic carbocycles. The van der Waals surface area contributed by atoms with E-state index in [0.717, 1.165) is 36.9 Å². The Morgan fingerprint density at radius 1 is 0.840 bits per heavy atom. The summed E-state index contributed by atoms with van der Waals surface area (Å²) in [6.07, 6.45) is 8.78. The second kappa shape index (κ2) is 9.50. The van der Waals surface area contributed by atoms with E-state index in [-0.39, 0.29) is 0 Å². The van der Waals surface area contributed by atoms with Crippen LogP contribution in [-0.4, -0.2) is 13.2 Å². The molecule has 0 amide bonds. The van der Waals surface area contributed by atoms with Gasteiger partial charge in [-0.2, -0.15) is 0 Å². The Labute approximate surface area is 152 Å². The van der Waals surface area contributed by atoms with Gasteiger partial charge < -0.3 is 9.47 Å². The molecule has 2 aromatic rings. The third-order valence-electron chi connectivity index (χ3n) is 4.99. The minimum absolute atomic E-state index is 0.694. The van der Waals surface area contributed by atoms with Crippen molar-refractivity contribution in [1.29, 1.82) is 0 Å². The maximum atomic E-state index is 5.93. The molecule has 25 heavy (non-hydrogen) atoms. The van der Waals surface area contributed by atoms with Crippen LogP contribution >= 0.6 is 0 Å². The molecule has 0 radical (unpaired) electrons. The molecule has 1 fully saturated rings. The lowest BCUT2D eigenvalue weighted by Crippen LogP contribution is -2.05. The Hall–Kier alpha value is -1.96. The summed E-state index contributed by atoms with van der Waals surface area (Å²) in [6.45, 7) is 3.59. The standard InChI is InChI=1S/C23H30O2/c1-2-16-24-23-10-6-7-19(18-23)15-17-25-22-13-11-21(12-14-22)20-8-4-3-5-9-20/h6-7,10-14,18,20H,2-5,8-9,15-17H2,1H3. The molecule has 0 bridgehead atoms. The van der Waals surface area contributed by atoms with Crippen molar-refractivity contribution in [2.24, 2.45) is 0 Å². The molecule has 0 aromatic heterocycles. The molecular formula is C23H30O2. The van der Waals surface area contributed by atoms with Crippen molar-refractivity contribution in [3.8, 4) is 11.5 Å². The van der Waals surface area contributed by atoms with Gasteiger partial charge in [-0.05, 0) is 60.6 Å². The molecule has 0 atom stereocenters. The van der Waals surface area contributed by atoms with E-state index < -0.39 is 0 Å². The average molecular weight is 338 g/mol. The Kier molecular flexibility index (Phi) is 6.79. The molecule has 1 aliphatic rings. The lowest BCUT2D eigenvalue weighted by molar-refractivity contribution is 0.313. The zero-order valence-corrected chi connectivity index (χ0v) is 15.4. The fourth-order valence-electron chi connectivity index (χ4n) is 3.57. The second-order valence-corrected chi connectivity index (χ2v) is 7.00. The van der Waals surface area contributed by atoms with E-state index in [0.29, 0.717) is 6.61 Å². The van der Waals surface area contributed by atoms with E-state index in [4.69, 9.17) is 9.47 Å². The van der Waals surface area contributed by atoms with Gasteiger partial charge >= 0.3 is 0 Å². The smallest absolute Gasteiger partial charge is 0.119 e. The van der Waals surface area contributed by atoms with Gasteiger partial charge in [-0.15, -0.1) is 0 Å². The van der Waals surface area contributed by atoms with E-state index in [1.165, 1.54) is 43.2 Å². The maximum absolute atomic E-state index is 5.93. The van der Waals surface area contributed by atoms with Crippen LogP contribution in [0.15, 0.2) is 48.5 Å². The molecule has 0 spiro atoms. The number of rotatable bonds is 8. The van der Waals surface area contributed by atoms with Crippen LogP contribution in [0.25, 0.3) is 0 Å². The minimum atomic E-state index is 0.694. The Morgan fingerprint density at radius 2 is 1.60 bits per heavy atom. The first-order chi connectivity index (χ1) is 12.3. The quantitative estimate of drug-likeness (QED) is 0.575. The minimum Gasteiger partial charge on any atom is -0.494 e. The first-order valence-electron chi connectivity index (χ1n) is 9.79. The highest BCUT2D eigenvalue weighted by Gasteiger charge is 2.15. The van der Waals surface area contributed by atoms with Crippen molar-refractivity contribution in [3.63, 3.8) is 0 Å². The lowest BCUT2D eigenvalue weighted by Gasteiger charge is -2.22. The van der Waals surface area contributed by atoms with E-state index in [1.807, 2.05) is 6.07 Å². The molecule has 0 saturated heterocycles. The highest BCUT2D eigenvalue weighted by molar-refractivity contribution is 5.31. The van der Waals surface area contributed by atoms with Crippen LogP contribution in [0.5, 0.6) is 11.5 Å². The average Bonchev–Trinajstić information content (AvgIpc) is 2.68. The fourth-order valence-corrected chi connectivity index (χ4v) is 3.57. The molecule has 3 rings (SSSR count). The molecule has 1 saturated carbocycles. The number of ether oxygens (including phenoxy) is 2. The molecular weight excluding hydrogens is 308 g/mol. The van der Waals surface area contributed by atoms with Gasteiger partial charge in [0.15, 0.2) is 0 Å². The third kappa shape index (κ3) is 5.52. The van der Waals surface area contributed by atoms with Crippen LogP contribution in [-0.2, 0) is 6.42 Å². The summed E-state index contributed by atoms with van der Waals surface area (Å²) in [5.74, 6) is 2.68. The lowest BCUT2D eigenvalue weighted by atomic mass is 9.84. The topological polar surface area (TPSA) is 18.5 Å². The predicted molar refractivity (Wildman–Crippen MR) is 104 cm³/mol. The van der Waals surface area contributed by atoms with Gasteiger partial charge in [-0.25, -0.2) is 0 Å². The molecule has 0 unspecified atom stereocenters. The Bertz CT molecular complexity index is 627. The normalized spacial score (nSPS) is 15.1. The van der Waals surface area contributed by atoms with Crippen molar-refractivity contribution >= 4 is 0 Å². The van der Waals surface area contributed by atoms with Gasteiger partial charge in [0.1, 0.15) is 11.5 Å². The van der Waals surface area contributed by atoms with Crippen LogP contribution in [0.2, 0.25) is 0 Å². The molecule has 0 aliphatic heterocycles. The van der Waals surface area contributed by atoms with E-state index in [9.17, 15) is 0 Å². The van der Waals surface area contributed by atoms with Crippen molar-refractivity contribution in [2.45, 2.75) is 57.8 Å². The first-order valence-corrected chi connectivity index (χ1v) is 9.79. The summed E-state index contributed by atoms with van der Waals surface area (Å²) < 4.78 is 11.6. The number of benzene rings is 2. The van der Waals surface area contributed by atoms with Gasteiger partial charge in [-0.3, -0.25) is 0 Å². The van der Waals surface area contributed by atoms with Crippen LogP contribution in [0.1, 0.15) is 62.5 Å². The third-order valence-corrected chi connectivity index (χ3v) is 4.99. The van der Waals surface area contributed by atoms with Gasteiger partial charge in [0.05, 0.1) is 13.2 Å². The van der Waals surface area contributed by atoms with Crippen LogP contribution in [0.3, 0.4) is 0 Å². The number of hydrogen-bond donors (Lipinski definition) is 0. The zero-order chi connectivity index (χ0) is 17.3. The van der Waals surface area contributed by atoms with Gasteiger partial charge in [0.25, 0.3) is 0 Å². The van der Waals surface area contributed by atoms with E-state index in [1.54, 1.807) is 0 Å². The van der Waals surface area contributed by atoms with Crippen molar-refractivity contribution < 1.29 is 9.47 Å². The molecule has 2 heteroatoms. The van der Waals surface area contributed by atoms with E-state index in [2.05, 4.69) is 49.4 Å². The van der Waals surface area contributed by atoms with Crippen LogP contribution in [0, 0.1) is 0 Å². The van der Waals surface area contributed by atoms with Crippen molar-refractivity contribution in [3.05, 3.63) is 59.7 Å². The summed E-state index contributed by atoms with van der Waals surface area (Å²) in [7, 11) is 0. The molecule has 0 N–H and O–H groups in total. The monoisotopic (exact) mass is 338 g/mol. The fraction of sp³-hybridized carbons (Fsp3) is 0.478. The van der Waals surface area contributed by atoms with Gasteiger partial charge in [0, 0.05) is 6.42 Å². The maximum Gasteiger partial charge on any atom is 0.119 e. The predicted octanol–water partition coefficient (Wildman–Crippen LogP) is 6.14. The van der Waals surface area contributed by atoms with E-state index >= 15 is 0 Å². The second-order valence-electron chi connectivity index (χ2n) is 7.00. The Balaban J connectivity index is 1.47. The summed E-state index contributed by atoms with van der Waals surface area (Å²) in [5.41, 5.74) is 2.74.